The smallest absolute Gasteiger partial charge is 0.321 e. The second-order valence-electron chi connectivity index (χ2n) is 8.67. The van der Waals surface area contributed by atoms with Crippen molar-refractivity contribution in [2.75, 3.05) is 39.1 Å². The van der Waals surface area contributed by atoms with Gasteiger partial charge in [0.25, 0.3) is 0 Å². The van der Waals surface area contributed by atoms with Gasteiger partial charge in [-0.2, -0.15) is 0 Å². The Morgan fingerprint density at radius 3 is 2.42 bits per heavy atom. The summed E-state index contributed by atoms with van der Waals surface area (Å²) in [7, 11) is 3.97. The van der Waals surface area contributed by atoms with Crippen LogP contribution in [0.2, 0.25) is 0 Å². The number of carbonyl (C=O) groups is 1. The molecule has 1 saturated carbocycles. The van der Waals surface area contributed by atoms with Crippen LogP contribution in [-0.2, 0) is 4.74 Å². The Morgan fingerprint density at radius 1 is 1.10 bits per heavy atom. The fourth-order valence-electron chi connectivity index (χ4n) is 4.09. The van der Waals surface area contributed by atoms with Gasteiger partial charge in [0, 0.05) is 31.9 Å². The molecule has 0 spiro atoms. The van der Waals surface area contributed by atoms with E-state index in [1.54, 1.807) is 17.0 Å². The van der Waals surface area contributed by atoms with Gasteiger partial charge in [0.05, 0.1) is 6.10 Å². The third-order valence-electron chi connectivity index (χ3n) is 6.09. The van der Waals surface area contributed by atoms with Crippen molar-refractivity contribution in [1.82, 2.24) is 9.80 Å². The highest BCUT2D eigenvalue weighted by Gasteiger charge is 2.27. The summed E-state index contributed by atoms with van der Waals surface area (Å²) in [5, 5.41) is 2.83. The first kappa shape index (κ1) is 25.3. The molecule has 0 radical (unpaired) electrons. The Labute approximate surface area is 187 Å². The minimum Gasteiger partial charge on any atom is -0.378 e. The number of halogens is 1. The Balaban J connectivity index is 1.52. The largest absolute Gasteiger partial charge is 0.378 e. The molecule has 0 saturated heterocycles. The minimum absolute atomic E-state index is 0.147. The van der Waals surface area contributed by atoms with Crippen LogP contribution in [0.3, 0.4) is 0 Å². The number of ether oxygens (including phenoxy) is 1. The van der Waals surface area contributed by atoms with Crippen LogP contribution in [0.25, 0.3) is 0 Å². The predicted molar refractivity (Wildman–Crippen MR) is 126 cm³/mol. The molecule has 0 aliphatic heterocycles. The van der Waals surface area contributed by atoms with E-state index in [1.807, 2.05) is 13.1 Å². The standard InChI is InChI=1S/C25H40FN3O2/c1-4-18-28(2)19-8-6-5-7-9-20-31-24-16-14-23(15-17-24)29(3)25(30)27-22-12-10-21(26)11-13-22/h4,10-13,23-24H,1,5-9,14-20H2,2-3H3,(H,27,30). The number of unbranched alkanes of at least 4 members (excludes halogenated alkanes) is 4. The number of anilines is 1. The minimum atomic E-state index is -0.309. The maximum atomic E-state index is 13.0. The highest BCUT2D eigenvalue weighted by Crippen LogP contribution is 2.25. The number of hydrogen-bond donors (Lipinski definition) is 1. The maximum absolute atomic E-state index is 13.0. The molecule has 2 amide bonds. The van der Waals surface area contributed by atoms with Crippen molar-refractivity contribution in [1.29, 1.82) is 0 Å². The van der Waals surface area contributed by atoms with Crippen LogP contribution in [0.5, 0.6) is 0 Å². The summed E-state index contributed by atoms with van der Waals surface area (Å²) in [5.74, 6) is -0.309. The van der Waals surface area contributed by atoms with E-state index in [-0.39, 0.29) is 17.9 Å². The first-order valence-electron chi connectivity index (χ1n) is 11.7. The third-order valence-corrected chi connectivity index (χ3v) is 6.09. The molecule has 6 heteroatoms. The average Bonchev–Trinajstić information content (AvgIpc) is 2.77. The van der Waals surface area contributed by atoms with Crippen LogP contribution in [0.15, 0.2) is 36.9 Å². The second kappa shape index (κ2) is 14.2. The van der Waals surface area contributed by atoms with Crippen molar-refractivity contribution in [2.24, 2.45) is 0 Å². The van der Waals surface area contributed by atoms with Crippen molar-refractivity contribution >= 4 is 11.7 Å². The summed E-state index contributed by atoms with van der Waals surface area (Å²) in [5.41, 5.74) is 0.610. The van der Waals surface area contributed by atoms with Gasteiger partial charge in [-0.25, -0.2) is 9.18 Å². The van der Waals surface area contributed by atoms with Gasteiger partial charge < -0.3 is 19.9 Å². The molecule has 1 fully saturated rings. The monoisotopic (exact) mass is 433 g/mol. The predicted octanol–water partition coefficient (Wildman–Crippen LogP) is 5.69. The van der Waals surface area contributed by atoms with Gasteiger partial charge in [0.1, 0.15) is 5.82 Å². The first-order valence-corrected chi connectivity index (χ1v) is 11.7. The van der Waals surface area contributed by atoms with Gasteiger partial charge in [0.15, 0.2) is 0 Å². The normalized spacial score (nSPS) is 18.7. The van der Waals surface area contributed by atoms with Crippen molar-refractivity contribution in [3.63, 3.8) is 0 Å². The zero-order chi connectivity index (χ0) is 22.5. The Kier molecular flexibility index (Phi) is 11.6. The molecule has 0 atom stereocenters. The maximum Gasteiger partial charge on any atom is 0.321 e. The molecule has 0 bridgehead atoms. The van der Waals surface area contributed by atoms with Crippen molar-refractivity contribution < 1.29 is 13.9 Å². The van der Waals surface area contributed by atoms with E-state index in [9.17, 15) is 9.18 Å². The van der Waals surface area contributed by atoms with Gasteiger partial charge in [-0.3, -0.25) is 0 Å². The molecule has 1 aliphatic rings. The molecule has 1 aromatic rings. The molecule has 0 aromatic heterocycles. The molecule has 1 aromatic carbocycles. The molecule has 2 rings (SSSR count). The lowest BCUT2D eigenvalue weighted by Gasteiger charge is -2.34. The summed E-state index contributed by atoms with van der Waals surface area (Å²) >= 11 is 0. The Morgan fingerprint density at radius 2 is 1.74 bits per heavy atom. The highest BCUT2D eigenvalue weighted by atomic mass is 19.1. The molecular formula is C25H40FN3O2. The van der Waals surface area contributed by atoms with Crippen LogP contribution in [0.1, 0.15) is 57.8 Å². The van der Waals surface area contributed by atoms with Gasteiger partial charge in [0.2, 0.25) is 0 Å². The first-order chi connectivity index (χ1) is 15.0. The van der Waals surface area contributed by atoms with E-state index in [0.717, 1.165) is 51.8 Å². The van der Waals surface area contributed by atoms with Crippen molar-refractivity contribution in [3.05, 3.63) is 42.7 Å². The van der Waals surface area contributed by atoms with E-state index < -0.39 is 0 Å². The van der Waals surface area contributed by atoms with E-state index >= 15 is 0 Å². The molecule has 174 valence electrons. The lowest BCUT2D eigenvalue weighted by atomic mass is 9.92. The topological polar surface area (TPSA) is 44.8 Å². The fraction of sp³-hybridized carbons (Fsp3) is 0.640. The number of benzene rings is 1. The van der Waals surface area contributed by atoms with Crippen LogP contribution < -0.4 is 5.32 Å². The number of urea groups is 1. The molecule has 0 unspecified atom stereocenters. The number of hydrogen-bond acceptors (Lipinski definition) is 3. The van der Waals surface area contributed by atoms with Crippen molar-refractivity contribution in [3.8, 4) is 0 Å². The lowest BCUT2D eigenvalue weighted by molar-refractivity contribution is 0.0130. The lowest BCUT2D eigenvalue weighted by Crippen LogP contribution is -2.42. The molecule has 31 heavy (non-hydrogen) atoms. The molecule has 1 aliphatic carbocycles. The summed E-state index contributed by atoms with van der Waals surface area (Å²) in [4.78, 5) is 16.5. The van der Waals surface area contributed by atoms with Crippen LogP contribution in [-0.4, -0.2) is 61.8 Å². The number of carbonyl (C=O) groups excluding carboxylic acids is 1. The van der Waals surface area contributed by atoms with E-state index in [2.05, 4.69) is 23.8 Å². The summed E-state index contributed by atoms with van der Waals surface area (Å²) < 4.78 is 19.1. The number of amides is 2. The quantitative estimate of drug-likeness (QED) is 0.321. The second-order valence-corrected chi connectivity index (χ2v) is 8.67. The number of rotatable bonds is 13. The Bertz CT molecular complexity index is 645. The van der Waals surface area contributed by atoms with E-state index in [1.165, 1.54) is 37.8 Å². The van der Waals surface area contributed by atoms with Crippen LogP contribution in [0, 0.1) is 5.82 Å². The number of nitrogens with zero attached hydrogens (tertiary/aromatic N) is 2. The molecule has 1 N–H and O–H groups in total. The zero-order valence-corrected chi connectivity index (χ0v) is 19.3. The SMILES string of the molecule is C=CCN(C)CCCCCCCOC1CCC(N(C)C(=O)Nc2ccc(F)cc2)CC1. The molecular weight excluding hydrogens is 393 g/mol. The van der Waals surface area contributed by atoms with Gasteiger partial charge in [-0.1, -0.05) is 25.3 Å². The third kappa shape index (κ3) is 9.83. The van der Waals surface area contributed by atoms with Crippen molar-refractivity contribution in [2.45, 2.75) is 69.9 Å². The molecule has 0 heterocycles. The summed E-state index contributed by atoms with van der Waals surface area (Å²) in [6.45, 7) is 6.71. The summed E-state index contributed by atoms with van der Waals surface area (Å²) in [6, 6.07) is 5.93. The van der Waals surface area contributed by atoms with Gasteiger partial charge >= 0.3 is 6.03 Å². The fourth-order valence-corrected chi connectivity index (χ4v) is 4.09. The number of nitrogens with one attached hydrogen (secondary N) is 1. The Hall–Kier alpha value is -1.92. The van der Waals surface area contributed by atoms with Gasteiger partial charge in [-0.05, 0) is 76.4 Å². The number of likely N-dealkylation sites (N-methyl/N-ethyl adjacent to an activating group) is 1. The van der Waals surface area contributed by atoms with E-state index in [0.29, 0.717) is 11.8 Å². The van der Waals surface area contributed by atoms with Crippen LogP contribution in [0.4, 0.5) is 14.9 Å². The van der Waals surface area contributed by atoms with E-state index in [4.69, 9.17) is 4.74 Å². The molecule has 5 nitrogen and oxygen atoms in total. The summed E-state index contributed by atoms with van der Waals surface area (Å²) in [6.07, 6.45) is 12.3. The highest BCUT2D eigenvalue weighted by molar-refractivity contribution is 5.89. The van der Waals surface area contributed by atoms with Gasteiger partial charge in [-0.15, -0.1) is 6.58 Å². The van der Waals surface area contributed by atoms with Crippen LogP contribution >= 0.6 is 0 Å². The zero-order valence-electron chi connectivity index (χ0n) is 19.3. The average molecular weight is 434 g/mol.